The quantitative estimate of drug-likeness (QED) is 0.816. The molecule has 90 valence electrons. The fraction of sp³-hybridized carbons (Fsp3) is 0.333. The van der Waals surface area contributed by atoms with Gasteiger partial charge in [0.2, 0.25) is 0 Å². The fourth-order valence-electron chi connectivity index (χ4n) is 1.55. The van der Waals surface area contributed by atoms with Crippen molar-refractivity contribution in [2.75, 3.05) is 0 Å². The predicted octanol–water partition coefficient (Wildman–Crippen LogP) is 2.16. The maximum atomic E-state index is 10.8. The summed E-state index contributed by atoms with van der Waals surface area (Å²) in [5.74, 6) is -1.28. The number of nitriles is 1. The Morgan fingerprint density at radius 2 is 2.24 bits per heavy atom. The van der Waals surface area contributed by atoms with Gasteiger partial charge in [-0.1, -0.05) is 34.1 Å². The van der Waals surface area contributed by atoms with Crippen molar-refractivity contribution in [3.05, 3.63) is 34.9 Å². The van der Waals surface area contributed by atoms with Crippen molar-refractivity contribution in [3.8, 4) is 6.07 Å². The van der Waals surface area contributed by atoms with Gasteiger partial charge in [-0.15, -0.1) is 0 Å². The average Bonchev–Trinajstić information content (AvgIpc) is 2.34. The Kier molecular flexibility index (Phi) is 5.13. The smallest absolute Gasteiger partial charge is 0.337 e. The highest BCUT2D eigenvalue weighted by Gasteiger charge is 2.19. The van der Waals surface area contributed by atoms with Crippen molar-refractivity contribution in [1.29, 1.82) is 5.26 Å². The summed E-state index contributed by atoms with van der Waals surface area (Å²) in [4.78, 5) is 10.8. The van der Waals surface area contributed by atoms with E-state index in [2.05, 4.69) is 15.9 Å². The van der Waals surface area contributed by atoms with E-state index in [0.29, 0.717) is 29.3 Å². The molecular formula is C12H12BrNO3. The number of carbonyl (C=O) groups is 1. The summed E-state index contributed by atoms with van der Waals surface area (Å²) >= 11 is 3.31. The number of halogens is 1. The lowest BCUT2D eigenvalue weighted by molar-refractivity contribution is -0.147. The van der Waals surface area contributed by atoms with Gasteiger partial charge in [0.15, 0.2) is 6.10 Å². The monoisotopic (exact) mass is 297 g/mol. The molecule has 1 aromatic rings. The Balaban J connectivity index is 3.10. The molecule has 1 aromatic carbocycles. The number of aliphatic hydroxyl groups excluding tert-OH is 1. The Morgan fingerprint density at radius 1 is 1.53 bits per heavy atom. The van der Waals surface area contributed by atoms with E-state index in [0.717, 1.165) is 5.56 Å². The van der Waals surface area contributed by atoms with Crippen LogP contribution in [0.3, 0.4) is 0 Å². The van der Waals surface area contributed by atoms with Gasteiger partial charge >= 0.3 is 5.97 Å². The molecule has 0 aliphatic heterocycles. The largest absolute Gasteiger partial charge is 0.479 e. The van der Waals surface area contributed by atoms with E-state index in [9.17, 15) is 9.90 Å². The molecule has 2 N–H and O–H groups in total. The van der Waals surface area contributed by atoms with Gasteiger partial charge < -0.3 is 10.2 Å². The van der Waals surface area contributed by atoms with Crippen LogP contribution >= 0.6 is 15.9 Å². The minimum Gasteiger partial charge on any atom is -0.479 e. The van der Waals surface area contributed by atoms with Crippen LogP contribution < -0.4 is 0 Å². The summed E-state index contributed by atoms with van der Waals surface area (Å²) in [7, 11) is 0. The molecule has 5 heteroatoms. The van der Waals surface area contributed by atoms with Crippen LogP contribution in [-0.2, 0) is 16.5 Å². The van der Waals surface area contributed by atoms with Gasteiger partial charge in [0.25, 0.3) is 0 Å². The van der Waals surface area contributed by atoms with E-state index in [1.807, 2.05) is 12.1 Å². The summed E-state index contributed by atoms with van der Waals surface area (Å²) in [6.07, 6.45) is -0.796. The van der Waals surface area contributed by atoms with Gasteiger partial charge in [-0.05, 0) is 23.1 Å². The summed E-state index contributed by atoms with van der Waals surface area (Å²) in [5.41, 5.74) is 2.05. The molecule has 0 saturated carbocycles. The van der Waals surface area contributed by atoms with Crippen LogP contribution in [0.5, 0.6) is 0 Å². The van der Waals surface area contributed by atoms with E-state index in [4.69, 9.17) is 10.4 Å². The van der Waals surface area contributed by atoms with Crippen molar-refractivity contribution >= 4 is 21.9 Å². The molecule has 1 rings (SSSR count). The summed E-state index contributed by atoms with van der Waals surface area (Å²) in [5, 5.41) is 27.5. The van der Waals surface area contributed by atoms with Crippen molar-refractivity contribution in [2.24, 2.45) is 0 Å². The third-order valence-corrected chi connectivity index (χ3v) is 3.04. The second-order valence-electron chi connectivity index (χ2n) is 3.57. The first-order chi connectivity index (χ1) is 8.10. The van der Waals surface area contributed by atoms with Gasteiger partial charge in [-0.2, -0.15) is 5.26 Å². The van der Waals surface area contributed by atoms with Gasteiger partial charge in [0, 0.05) is 11.8 Å². The number of carboxylic acid groups (broad SMARTS) is 1. The number of hydrogen-bond donors (Lipinski definition) is 2. The molecule has 0 radical (unpaired) electrons. The van der Waals surface area contributed by atoms with Crippen LogP contribution in [0.4, 0.5) is 0 Å². The SMILES string of the molecule is N#CCCc1cc(CBr)ccc1C(O)C(=O)O. The Morgan fingerprint density at radius 3 is 2.76 bits per heavy atom. The minimum absolute atomic E-state index is 0.297. The van der Waals surface area contributed by atoms with E-state index in [1.54, 1.807) is 12.1 Å². The molecule has 1 atom stereocenters. The number of carboxylic acids is 1. The van der Waals surface area contributed by atoms with Crippen molar-refractivity contribution in [1.82, 2.24) is 0 Å². The number of rotatable bonds is 5. The van der Waals surface area contributed by atoms with Gasteiger partial charge in [0.05, 0.1) is 6.07 Å². The van der Waals surface area contributed by atoms with Crippen LogP contribution in [0.25, 0.3) is 0 Å². The molecule has 0 aromatic heterocycles. The molecule has 0 aliphatic carbocycles. The Hall–Kier alpha value is -1.38. The van der Waals surface area contributed by atoms with E-state index in [1.165, 1.54) is 0 Å². The summed E-state index contributed by atoms with van der Waals surface area (Å²) < 4.78 is 0. The lowest BCUT2D eigenvalue weighted by Crippen LogP contribution is -2.13. The molecular weight excluding hydrogens is 286 g/mol. The molecule has 17 heavy (non-hydrogen) atoms. The third kappa shape index (κ3) is 3.55. The summed E-state index contributed by atoms with van der Waals surface area (Å²) in [6, 6.07) is 7.18. The molecule has 0 amide bonds. The second-order valence-corrected chi connectivity index (χ2v) is 4.13. The van der Waals surface area contributed by atoms with Crippen molar-refractivity contribution in [2.45, 2.75) is 24.3 Å². The van der Waals surface area contributed by atoms with E-state index < -0.39 is 12.1 Å². The molecule has 4 nitrogen and oxygen atoms in total. The molecule has 0 aliphatic rings. The highest BCUT2D eigenvalue weighted by Crippen LogP contribution is 2.22. The molecule has 0 spiro atoms. The number of nitrogens with zero attached hydrogens (tertiary/aromatic N) is 1. The molecule has 0 heterocycles. The highest BCUT2D eigenvalue weighted by molar-refractivity contribution is 9.08. The molecule has 0 saturated heterocycles. The number of alkyl halides is 1. The molecule has 0 fully saturated rings. The maximum Gasteiger partial charge on any atom is 0.337 e. The van der Waals surface area contributed by atoms with Crippen LogP contribution in [0, 0.1) is 11.3 Å². The van der Waals surface area contributed by atoms with Gasteiger partial charge in [-0.3, -0.25) is 0 Å². The van der Waals surface area contributed by atoms with E-state index in [-0.39, 0.29) is 0 Å². The van der Waals surface area contributed by atoms with Crippen LogP contribution in [0.15, 0.2) is 18.2 Å². The topological polar surface area (TPSA) is 81.3 Å². The van der Waals surface area contributed by atoms with Gasteiger partial charge in [0.1, 0.15) is 0 Å². The summed E-state index contributed by atoms with van der Waals surface area (Å²) in [6.45, 7) is 0. The first kappa shape index (κ1) is 13.7. The standard InChI is InChI=1S/C12H12BrNO3/c13-7-8-3-4-10(11(15)12(16)17)9(6-8)2-1-5-14/h3-4,6,11,15H,1-2,7H2,(H,16,17). The zero-order chi connectivity index (χ0) is 12.8. The average molecular weight is 298 g/mol. The normalized spacial score (nSPS) is 11.8. The van der Waals surface area contributed by atoms with E-state index >= 15 is 0 Å². The van der Waals surface area contributed by atoms with Crippen molar-refractivity contribution < 1.29 is 15.0 Å². The number of hydrogen-bond acceptors (Lipinski definition) is 3. The lowest BCUT2D eigenvalue weighted by atomic mass is 9.97. The number of aliphatic hydroxyl groups is 1. The Bertz CT molecular complexity index is 454. The predicted molar refractivity (Wildman–Crippen MR) is 65.6 cm³/mol. The highest BCUT2D eigenvalue weighted by atomic mass is 79.9. The lowest BCUT2D eigenvalue weighted by Gasteiger charge is -2.12. The van der Waals surface area contributed by atoms with Gasteiger partial charge in [-0.25, -0.2) is 4.79 Å². The maximum absolute atomic E-state index is 10.8. The van der Waals surface area contributed by atoms with Crippen LogP contribution in [0.2, 0.25) is 0 Å². The zero-order valence-electron chi connectivity index (χ0n) is 9.06. The molecule has 0 bridgehead atoms. The van der Waals surface area contributed by atoms with Crippen molar-refractivity contribution in [3.63, 3.8) is 0 Å². The molecule has 1 unspecified atom stereocenters. The Labute approximate surface area is 108 Å². The zero-order valence-corrected chi connectivity index (χ0v) is 10.6. The minimum atomic E-state index is -1.53. The van der Waals surface area contributed by atoms with Crippen LogP contribution in [0.1, 0.15) is 29.2 Å². The first-order valence-electron chi connectivity index (χ1n) is 5.05. The number of aliphatic carboxylic acids is 1. The second kappa shape index (κ2) is 6.38. The number of aryl methyl sites for hydroxylation is 1. The first-order valence-corrected chi connectivity index (χ1v) is 6.17. The fourth-order valence-corrected chi connectivity index (χ4v) is 1.90. The third-order valence-electron chi connectivity index (χ3n) is 2.40. The number of benzene rings is 1. The van der Waals surface area contributed by atoms with Crippen LogP contribution in [-0.4, -0.2) is 16.2 Å².